The van der Waals surface area contributed by atoms with Gasteiger partial charge in [-0.1, -0.05) is 6.07 Å². The van der Waals surface area contributed by atoms with Crippen LogP contribution >= 0.6 is 11.3 Å². The second-order valence-electron chi connectivity index (χ2n) is 7.65. The SMILES string of the molecule is O=C(Cn1cnc2sc3c(c2c1=O)CCCC3)NCCc1ccc2c(c1)OCCO2. The van der Waals surface area contributed by atoms with E-state index in [0.29, 0.717) is 31.6 Å². The number of nitrogens with one attached hydrogen (secondary N) is 1. The van der Waals surface area contributed by atoms with Crippen LogP contribution in [0.25, 0.3) is 10.2 Å². The number of nitrogens with zero attached hydrogens (tertiary/aromatic N) is 2. The van der Waals surface area contributed by atoms with Crippen molar-refractivity contribution in [3.8, 4) is 11.5 Å². The second kappa shape index (κ2) is 8.10. The van der Waals surface area contributed by atoms with E-state index in [1.165, 1.54) is 22.2 Å². The van der Waals surface area contributed by atoms with Gasteiger partial charge in [-0.3, -0.25) is 14.2 Å². The first kappa shape index (κ1) is 19.1. The third-order valence-corrected chi connectivity index (χ3v) is 6.80. The van der Waals surface area contributed by atoms with Crippen LogP contribution in [0.15, 0.2) is 29.3 Å². The van der Waals surface area contributed by atoms with Gasteiger partial charge >= 0.3 is 0 Å². The van der Waals surface area contributed by atoms with Gasteiger partial charge < -0.3 is 14.8 Å². The van der Waals surface area contributed by atoms with Crippen molar-refractivity contribution in [2.24, 2.45) is 0 Å². The molecule has 0 unspecified atom stereocenters. The Bertz CT molecular complexity index is 1170. The van der Waals surface area contributed by atoms with E-state index in [0.717, 1.165) is 46.7 Å². The lowest BCUT2D eigenvalue weighted by molar-refractivity contribution is -0.121. The van der Waals surface area contributed by atoms with Gasteiger partial charge in [0.25, 0.3) is 5.56 Å². The normalized spacial score (nSPS) is 15.1. The van der Waals surface area contributed by atoms with Gasteiger partial charge in [-0.25, -0.2) is 4.98 Å². The number of carbonyl (C=O) groups is 1. The van der Waals surface area contributed by atoms with Crippen molar-refractivity contribution in [3.05, 3.63) is 50.9 Å². The smallest absolute Gasteiger partial charge is 0.262 e. The molecule has 1 aliphatic heterocycles. The summed E-state index contributed by atoms with van der Waals surface area (Å²) in [6.45, 7) is 1.58. The molecule has 0 saturated heterocycles. The van der Waals surface area contributed by atoms with Gasteiger partial charge in [0.1, 0.15) is 24.6 Å². The van der Waals surface area contributed by atoms with E-state index in [9.17, 15) is 9.59 Å². The number of thiophene rings is 1. The molecular weight excluding hydrogens is 402 g/mol. The molecule has 5 rings (SSSR count). The van der Waals surface area contributed by atoms with Gasteiger partial charge in [0, 0.05) is 11.4 Å². The van der Waals surface area contributed by atoms with Crippen molar-refractivity contribution in [3.63, 3.8) is 0 Å². The highest BCUT2D eigenvalue weighted by molar-refractivity contribution is 7.18. The minimum atomic E-state index is -0.195. The third-order valence-electron chi connectivity index (χ3n) is 5.60. The van der Waals surface area contributed by atoms with E-state index in [-0.39, 0.29) is 18.0 Å². The zero-order chi connectivity index (χ0) is 20.5. The Morgan fingerprint density at radius 1 is 1.17 bits per heavy atom. The molecule has 7 nitrogen and oxygen atoms in total. The van der Waals surface area contributed by atoms with E-state index in [1.807, 2.05) is 18.2 Å². The lowest BCUT2D eigenvalue weighted by Gasteiger charge is -2.18. The minimum Gasteiger partial charge on any atom is -0.486 e. The number of aryl methyl sites for hydroxylation is 2. The quantitative estimate of drug-likeness (QED) is 0.679. The number of ether oxygens (including phenoxy) is 2. The minimum absolute atomic E-state index is 0.0203. The molecule has 156 valence electrons. The number of hydrogen-bond acceptors (Lipinski definition) is 6. The first-order valence-corrected chi connectivity index (χ1v) is 11.2. The predicted molar refractivity (Wildman–Crippen MR) is 115 cm³/mol. The maximum Gasteiger partial charge on any atom is 0.262 e. The molecule has 1 aliphatic carbocycles. The highest BCUT2D eigenvalue weighted by Crippen LogP contribution is 2.33. The molecule has 30 heavy (non-hydrogen) atoms. The zero-order valence-electron chi connectivity index (χ0n) is 16.6. The monoisotopic (exact) mass is 425 g/mol. The standard InChI is InChI=1S/C22H23N3O4S/c26-19(23-8-7-14-5-6-16-17(11-14)29-10-9-28-16)12-25-13-24-21-20(22(25)27)15-3-1-2-4-18(15)30-21/h5-6,11,13H,1-4,7-10,12H2,(H,23,26). The molecule has 2 aromatic heterocycles. The van der Waals surface area contributed by atoms with Gasteiger partial charge in [0.15, 0.2) is 11.5 Å². The van der Waals surface area contributed by atoms with Crippen molar-refractivity contribution in [1.82, 2.24) is 14.9 Å². The van der Waals surface area contributed by atoms with Crippen LogP contribution < -0.4 is 20.3 Å². The van der Waals surface area contributed by atoms with Crippen molar-refractivity contribution < 1.29 is 14.3 Å². The first-order chi connectivity index (χ1) is 14.7. The molecule has 1 aromatic carbocycles. The molecular formula is C22H23N3O4S. The molecule has 0 atom stereocenters. The molecule has 2 aliphatic rings. The van der Waals surface area contributed by atoms with Gasteiger partial charge in [-0.2, -0.15) is 0 Å². The maximum atomic E-state index is 13.0. The number of rotatable bonds is 5. The highest BCUT2D eigenvalue weighted by Gasteiger charge is 2.20. The number of carbonyl (C=O) groups excluding carboxylic acids is 1. The largest absolute Gasteiger partial charge is 0.486 e. The Morgan fingerprint density at radius 2 is 2.00 bits per heavy atom. The Hall–Kier alpha value is -2.87. The van der Waals surface area contributed by atoms with E-state index < -0.39 is 0 Å². The molecule has 1 N–H and O–H groups in total. The van der Waals surface area contributed by atoms with Crippen molar-refractivity contribution in [2.75, 3.05) is 19.8 Å². The average molecular weight is 426 g/mol. The van der Waals surface area contributed by atoms with Crippen molar-refractivity contribution in [2.45, 2.75) is 38.6 Å². The molecule has 0 radical (unpaired) electrons. The van der Waals surface area contributed by atoms with Crippen LogP contribution in [-0.4, -0.2) is 35.2 Å². The summed E-state index contributed by atoms with van der Waals surface area (Å²) < 4.78 is 12.5. The Morgan fingerprint density at radius 3 is 2.90 bits per heavy atom. The summed E-state index contributed by atoms with van der Waals surface area (Å²) in [6.07, 6.45) is 6.39. The van der Waals surface area contributed by atoms with Gasteiger partial charge in [-0.15, -0.1) is 11.3 Å². The molecule has 1 amide bonds. The molecule has 0 spiro atoms. The summed E-state index contributed by atoms with van der Waals surface area (Å²) in [5.41, 5.74) is 2.10. The number of hydrogen-bond donors (Lipinski definition) is 1. The molecule has 0 fully saturated rings. The fourth-order valence-electron chi connectivity index (χ4n) is 4.09. The zero-order valence-corrected chi connectivity index (χ0v) is 17.4. The van der Waals surface area contributed by atoms with Gasteiger partial charge in [0.2, 0.25) is 5.91 Å². The van der Waals surface area contributed by atoms with E-state index >= 15 is 0 Å². The topological polar surface area (TPSA) is 82.5 Å². The lowest BCUT2D eigenvalue weighted by Crippen LogP contribution is -2.33. The van der Waals surface area contributed by atoms with Crippen molar-refractivity contribution in [1.29, 1.82) is 0 Å². The highest BCUT2D eigenvalue weighted by atomic mass is 32.1. The van der Waals surface area contributed by atoms with Crippen LogP contribution in [0.3, 0.4) is 0 Å². The van der Waals surface area contributed by atoms with Gasteiger partial charge in [0.05, 0.1) is 11.7 Å². The molecule has 3 aromatic rings. The second-order valence-corrected chi connectivity index (χ2v) is 8.73. The summed E-state index contributed by atoms with van der Waals surface area (Å²) in [5, 5.41) is 3.60. The Balaban J connectivity index is 1.23. The Kier molecular flexibility index (Phi) is 5.16. The maximum absolute atomic E-state index is 13.0. The van der Waals surface area contributed by atoms with E-state index in [1.54, 1.807) is 11.3 Å². The fourth-order valence-corrected chi connectivity index (χ4v) is 5.31. The average Bonchev–Trinajstić information content (AvgIpc) is 3.15. The fraction of sp³-hybridized carbons (Fsp3) is 0.409. The van der Waals surface area contributed by atoms with Crippen molar-refractivity contribution >= 4 is 27.5 Å². The van der Waals surface area contributed by atoms with E-state index in [4.69, 9.17) is 9.47 Å². The van der Waals surface area contributed by atoms with Crippen LogP contribution in [0.1, 0.15) is 28.8 Å². The van der Waals surface area contributed by atoms with Crippen LogP contribution in [0.2, 0.25) is 0 Å². The number of fused-ring (bicyclic) bond motifs is 4. The summed E-state index contributed by atoms with van der Waals surface area (Å²) in [6, 6.07) is 5.82. The summed E-state index contributed by atoms with van der Waals surface area (Å²) in [7, 11) is 0. The number of aromatic nitrogens is 2. The van der Waals surface area contributed by atoms with Crippen LogP contribution in [-0.2, 0) is 30.6 Å². The van der Waals surface area contributed by atoms with E-state index in [2.05, 4.69) is 10.3 Å². The predicted octanol–water partition coefficient (Wildman–Crippen LogP) is 2.47. The summed E-state index contributed by atoms with van der Waals surface area (Å²) >= 11 is 1.62. The lowest BCUT2D eigenvalue weighted by atomic mass is 9.97. The number of amides is 1. The molecule has 8 heteroatoms. The molecule has 0 bridgehead atoms. The molecule has 3 heterocycles. The number of benzene rings is 1. The third kappa shape index (κ3) is 3.67. The summed E-state index contributed by atoms with van der Waals surface area (Å²) in [5.74, 6) is 1.31. The molecule has 0 saturated carbocycles. The first-order valence-electron chi connectivity index (χ1n) is 10.3. The Labute approximate surface area is 177 Å². The van der Waals surface area contributed by atoms with Crippen LogP contribution in [0, 0.1) is 0 Å². The van der Waals surface area contributed by atoms with Crippen LogP contribution in [0.4, 0.5) is 0 Å². The van der Waals surface area contributed by atoms with Crippen LogP contribution in [0.5, 0.6) is 11.5 Å². The summed E-state index contributed by atoms with van der Waals surface area (Å²) in [4.78, 5) is 31.9. The van der Waals surface area contributed by atoms with Gasteiger partial charge in [-0.05, 0) is 55.4 Å².